The molecular weight excluding hydrogens is 247 g/mol. The molecule has 0 amide bonds. The molecule has 0 fully saturated rings. The number of halogens is 1. The van der Waals surface area contributed by atoms with Gasteiger partial charge in [-0.3, -0.25) is 9.59 Å². The van der Waals surface area contributed by atoms with Gasteiger partial charge in [0, 0.05) is 5.56 Å². The number of hydrogen-bond acceptors (Lipinski definition) is 3. The first-order valence-electron chi connectivity index (χ1n) is 6.48. The van der Waals surface area contributed by atoms with Crippen LogP contribution in [0.15, 0.2) is 18.2 Å². The largest absolute Gasteiger partial charge is 0.465 e. The summed E-state index contributed by atoms with van der Waals surface area (Å²) in [5.74, 6) is -2.21. The van der Waals surface area contributed by atoms with Crippen molar-refractivity contribution in [3.05, 3.63) is 35.1 Å². The van der Waals surface area contributed by atoms with Gasteiger partial charge in [-0.15, -0.1) is 0 Å². The first-order valence-corrected chi connectivity index (χ1v) is 6.48. The smallest absolute Gasteiger partial charge is 0.316 e. The summed E-state index contributed by atoms with van der Waals surface area (Å²) in [7, 11) is 0. The maximum Gasteiger partial charge on any atom is 0.316 e. The van der Waals surface area contributed by atoms with Crippen LogP contribution in [0.25, 0.3) is 0 Å². The molecule has 0 spiro atoms. The number of ether oxygens (including phenoxy) is 1. The van der Waals surface area contributed by atoms with Gasteiger partial charge in [0.1, 0.15) is 11.7 Å². The maximum absolute atomic E-state index is 13.2. The minimum Gasteiger partial charge on any atom is -0.465 e. The fraction of sp³-hybridized carbons (Fsp3) is 0.467. The van der Waals surface area contributed by atoms with Crippen LogP contribution in [0.2, 0.25) is 0 Å². The molecular formula is C15H19FO3. The summed E-state index contributed by atoms with van der Waals surface area (Å²) in [6.07, 6.45) is 1.09. The minimum atomic E-state index is -0.842. The Labute approximate surface area is 112 Å². The van der Waals surface area contributed by atoms with Gasteiger partial charge < -0.3 is 4.74 Å². The van der Waals surface area contributed by atoms with Gasteiger partial charge >= 0.3 is 5.97 Å². The normalized spacial score (nSPS) is 12.0. The van der Waals surface area contributed by atoms with Crippen LogP contribution in [0, 0.1) is 18.7 Å². The second-order valence-electron chi connectivity index (χ2n) is 4.42. The van der Waals surface area contributed by atoms with E-state index in [2.05, 4.69) is 0 Å². The molecule has 0 N–H and O–H groups in total. The molecule has 0 aliphatic heterocycles. The molecule has 104 valence electrons. The molecule has 1 unspecified atom stereocenters. The van der Waals surface area contributed by atoms with Crippen LogP contribution < -0.4 is 0 Å². The second-order valence-corrected chi connectivity index (χ2v) is 4.42. The highest BCUT2D eigenvalue weighted by Gasteiger charge is 2.29. The molecule has 3 nitrogen and oxygen atoms in total. The number of ketones is 1. The molecule has 1 atom stereocenters. The molecule has 1 rings (SSSR count). The van der Waals surface area contributed by atoms with Gasteiger partial charge in [-0.1, -0.05) is 19.4 Å². The lowest BCUT2D eigenvalue weighted by Gasteiger charge is -2.15. The lowest BCUT2D eigenvalue weighted by molar-refractivity contribution is -0.146. The van der Waals surface area contributed by atoms with Crippen LogP contribution in [0.5, 0.6) is 0 Å². The van der Waals surface area contributed by atoms with Gasteiger partial charge in [0.05, 0.1) is 6.61 Å². The third-order valence-corrected chi connectivity index (χ3v) is 2.93. The van der Waals surface area contributed by atoms with Crippen molar-refractivity contribution in [2.24, 2.45) is 5.92 Å². The van der Waals surface area contributed by atoms with Gasteiger partial charge in [0.15, 0.2) is 5.78 Å². The Kier molecular flexibility index (Phi) is 5.67. The number of hydrogen-bond donors (Lipinski definition) is 0. The van der Waals surface area contributed by atoms with Gasteiger partial charge in [0.2, 0.25) is 0 Å². The van der Waals surface area contributed by atoms with Crippen molar-refractivity contribution in [1.82, 2.24) is 0 Å². The average Bonchev–Trinajstić information content (AvgIpc) is 2.38. The zero-order chi connectivity index (χ0) is 14.4. The summed E-state index contributed by atoms with van der Waals surface area (Å²) in [6, 6.07) is 4.02. The summed E-state index contributed by atoms with van der Waals surface area (Å²) in [5.41, 5.74) is 0.920. The van der Waals surface area contributed by atoms with E-state index in [0.29, 0.717) is 18.4 Å². The second kappa shape index (κ2) is 7.02. The van der Waals surface area contributed by atoms with E-state index in [1.54, 1.807) is 13.8 Å². The predicted molar refractivity (Wildman–Crippen MR) is 70.5 cm³/mol. The Morgan fingerprint density at radius 2 is 2.00 bits per heavy atom. The number of carbonyl (C=O) groups is 2. The van der Waals surface area contributed by atoms with Gasteiger partial charge in [-0.2, -0.15) is 0 Å². The summed E-state index contributed by atoms with van der Waals surface area (Å²) in [5, 5.41) is 0. The summed E-state index contributed by atoms with van der Waals surface area (Å²) < 4.78 is 18.2. The van der Waals surface area contributed by atoms with E-state index in [-0.39, 0.29) is 18.0 Å². The van der Waals surface area contributed by atoms with E-state index >= 15 is 0 Å². The number of aryl methyl sites for hydroxylation is 1. The lowest BCUT2D eigenvalue weighted by atomic mass is 9.91. The van der Waals surface area contributed by atoms with Crippen LogP contribution >= 0.6 is 0 Å². The maximum atomic E-state index is 13.2. The van der Waals surface area contributed by atoms with E-state index in [4.69, 9.17) is 4.74 Å². The highest BCUT2D eigenvalue weighted by molar-refractivity contribution is 6.09. The van der Waals surface area contributed by atoms with E-state index < -0.39 is 17.7 Å². The molecule has 19 heavy (non-hydrogen) atoms. The molecule has 1 aromatic rings. The van der Waals surface area contributed by atoms with Gasteiger partial charge in [-0.25, -0.2) is 4.39 Å². The zero-order valence-corrected chi connectivity index (χ0v) is 11.5. The standard InChI is InChI=1S/C15H19FO3/c1-4-6-12(15(18)19-5-2)14(17)13-9-11(16)8-7-10(13)3/h7-9,12H,4-6H2,1-3H3. The van der Waals surface area contributed by atoms with Crippen molar-refractivity contribution in [1.29, 1.82) is 0 Å². The number of rotatable bonds is 6. The van der Waals surface area contributed by atoms with Crippen molar-refractivity contribution in [3.63, 3.8) is 0 Å². The Morgan fingerprint density at radius 1 is 1.32 bits per heavy atom. The Morgan fingerprint density at radius 3 is 2.58 bits per heavy atom. The molecule has 0 saturated carbocycles. The molecule has 1 aromatic carbocycles. The molecule has 0 bridgehead atoms. The van der Waals surface area contributed by atoms with E-state index in [1.165, 1.54) is 18.2 Å². The summed E-state index contributed by atoms with van der Waals surface area (Å²) in [4.78, 5) is 24.2. The zero-order valence-electron chi connectivity index (χ0n) is 11.5. The Balaban J connectivity index is 3.05. The van der Waals surface area contributed by atoms with Crippen LogP contribution in [0.1, 0.15) is 42.6 Å². The third-order valence-electron chi connectivity index (χ3n) is 2.93. The first kappa shape index (κ1) is 15.3. The summed E-state index contributed by atoms with van der Waals surface area (Å²) >= 11 is 0. The van der Waals surface area contributed by atoms with Crippen molar-refractivity contribution >= 4 is 11.8 Å². The number of Topliss-reactive ketones (excluding diaryl/α,β-unsaturated/α-hetero) is 1. The van der Waals surface area contributed by atoms with Crippen LogP contribution in [0.3, 0.4) is 0 Å². The first-order chi connectivity index (χ1) is 9.01. The molecule has 0 heterocycles. The van der Waals surface area contributed by atoms with E-state index in [1.807, 2.05) is 6.92 Å². The van der Waals surface area contributed by atoms with Crippen LogP contribution in [-0.2, 0) is 9.53 Å². The third kappa shape index (κ3) is 3.88. The highest BCUT2D eigenvalue weighted by atomic mass is 19.1. The number of benzene rings is 1. The molecule has 0 aliphatic rings. The van der Waals surface area contributed by atoms with E-state index in [0.717, 1.165) is 0 Å². The number of esters is 1. The minimum absolute atomic E-state index is 0.231. The quantitative estimate of drug-likeness (QED) is 0.451. The molecule has 0 aliphatic carbocycles. The molecule has 4 heteroatoms. The monoisotopic (exact) mass is 266 g/mol. The fourth-order valence-corrected chi connectivity index (χ4v) is 1.93. The summed E-state index contributed by atoms with van der Waals surface area (Å²) in [6.45, 7) is 5.53. The molecule has 0 radical (unpaired) electrons. The molecule has 0 saturated heterocycles. The van der Waals surface area contributed by atoms with Gasteiger partial charge in [0.25, 0.3) is 0 Å². The average molecular weight is 266 g/mol. The highest BCUT2D eigenvalue weighted by Crippen LogP contribution is 2.20. The van der Waals surface area contributed by atoms with Crippen molar-refractivity contribution in [3.8, 4) is 0 Å². The van der Waals surface area contributed by atoms with Crippen molar-refractivity contribution in [2.45, 2.75) is 33.6 Å². The molecule has 0 aromatic heterocycles. The van der Waals surface area contributed by atoms with Crippen molar-refractivity contribution < 1.29 is 18.7 Å². The van der Waals surface area contributed by atoms with E-state index in [9.17, 15) is 14.0 Å². The predicted octanol–water partition coefficient (Wildman–Crippen LogP) is 3.30. The van der Waals surface area contributed by atoms with Crippen LogP contribution in [-0.4, -0.2) is 18.4 Å². The topological polar surface area (TPSA) is 43.4 Å². The van der Waals surface area contributed by atoms with Crippen LogP contribution in [0.4, 0.5) is 4.39 Å². The van der Waals surface area contributed by atoms with Gasteiger partial charge in [-0.05, 0) is 38.0 Å². The Bertz CT molecular complexity index is 468. The number of carbonyl (C=O) groups excluding carboxylic acids is 2. The lowest BCUT2D eigenvalue weighted by Crippen LogP contribution is -2.27. The Hall–Kier alpha value is -1.71. The van der Waals surface area contributed by atoms with Crippen molar-refractivity contribution in [2.75, 3.05) is 6.61 Å². The SMILES string of the molecule is CCCC(C(=O)OCC)C(=O)c1cc(F)ccc1C. The fourth-order valence-electron chi connectivity index (χ4n) is 1.93.